The van der Waals surface area contributed by atoms with Crippen LogP contribution < -0.4 is 10.1 Å². The molecule has 0 bridgehead atoms. The Balaban J connectivity index is 1.92. The first-order valence-corrected chi connectivity index (χ1v) is 7.80. The maximum atomic E-state index is 13.0. The molecule has 0 aromatic heterocycles. The monoisotopic (exact) mass is 373 g/mol. The van der Waals surface area contributed by atoms with Crippen LogP contribution in [-0.4, -0.2) is 29.1 Å². The molecule has 0 aliphatic heterocycles. The predicted molar refractivity (Wildman–Crippen MR) is 81.2 cm³/mol. The maximum absolute atomic E-state index is 13.0. The Morgan fingerprint density at radius 3 is 2.64 bits per heavy atom. The van der Waals surface area contributed by atoms with Gasteiger partial charge in [0.1, 0.15) is 11.6 Å². The summed E-state index contributed by atoms with van der Waals surface area (Å²) in [4.78, 5) is 23.0. The molecule has 2 rings (SSSR count). The zero-order valence-electron chi connectivity index (χ0n) is 11.9. The van der Waals surface area contributed by atoms with E-state index in [1.54, 1.807) is 0 Å². The highest BCUT2D eigenvalue weighted by Crippen LogP contribution is 2.32. The Kier molecular flexibility index (Phi) is 5.39. The third kappa shape index (κ3) is 4.43. The summed E-state index contributed by atoms with van der Waals surface area (Å²) in [6, 6.07) is 3.91. The summed E-state index contributed by atoms with van der Waals surface area (Å²) < 4.78 is 18.7. The average molecular weight is 374 g/mol. The fourth-order valence-electron chi connectivity index (χ4n) is 2.75. The molecule has 1 aliphatic rings. The van der Waals surface area contributed by atoms with Crippen molar-refractivity contribution in [3.63, 3.8) is 0 Å². The highest BCUT2D eigenvalue weighted by atomic mass is 79.9. The number of amides is 1. The molecule has 0 unspecified atom stereocenters. The van der Waals surface area contributed by atoms with Crippen molar-refractivity contribution in [2.45, 2.75) is 37.6 Å². The van der Waals surface area contributed by atoms with Crippen molar-refractivity contribution in [1.29, 1.82) is 0 Å². The van der Waals surface area contributed by atoms with Gasteiger partial charge in [0.2, 0.25) is 0 Å². The SMILES string of the molecule is O=C(O)CC1(NC(=O)COc2ccc(F)cc2Br)CCCC1. The summed E-state index contributed by atoms with van der Waals surface area (Å²) in [6.07, 6.45) is 3.03. The Hall–Kier alpha value is -1.63. The van der Waals surface area contributed by atoms with Crippen molar-refractivity contribution < 1.29 is 23.8 Å². The smallest absolute Gasteiger partial charge is 0.305 e. The fraction of sp³-hybridized carbons (Fsp3) is 0.467. The minimum atomic E-state index is -0.926. The number of carboxylic acids is 1. The normalized spacial score (nSPS) is 16.3. The van der Waals surface area contributed by atoms with Gasteiger partial charge < -0.3 is 15.2 Å². The van der Waals surface area contributed by atoms with E-state index in [0.717, 1.165) is 12.8 Å². The Morgan fingerprint density at radius 1 is 1.36 bits per heavy atom. The van der Waals surface area contributed by atoms with Crippen molar-refractivity contribution in [2.24, 2.45) is 0 Å². The highest BCUT2D eigenvalue weighted by Gasteiger charge is 2.37. The van der Waals surface area contributed by atoms with E-state index in [0.29, 0.717) is 23.1 Å². The molecular formula is C15H17BrFNO4. The van der Waals surface area contributed by atoms with Crippen molar-refractivity contribution in [3.8, 4) is 5.75 Å². The van der Waals surface area contributed by atoms with E-state index < -0.39 is 17.3 Å². The Bertz CT molecular complexity index is 573. The average Bonchev–Trinajstić information content (AvgIpc) is 2.84. The first-order chi connectivity index (χ1) is 10.4. The van der Waals surface area contributed by atoms with Gasteiger partial charge in [0, 0.05) is 0 Å². The number of halogens is 2. The first kappa shape index (κ1) is 16.7. The highest BCUT2D eigenvalue weighted by molar-refractivity contribution is 9.10. The summed E-state index contributed by atoms with van der Waals surface area (Å²) in [5.41, 5.74) is -0.674. The number of nitrogens with one attached hydrogen (secondary N) is 1. The number of carbonyl (C=O) groups excluding carboxylic acids is 1. The van der Waals surface area contributed by atoms with Crippen molar-refractivity contribution in [2.75, 3.05) is 6.61 Å². The lowest BCUT2D eigenvalue weighted by Gasteiger charge is -2.28. The zero-order valence-corrected chi connectivity index (χ0v) is 13.5. The van der Waals surface area contributed by atoms with E-state index >= 15 is 0 Å². The third-order valence-electron chi connectivity index (χ3n) is 3.71. The molecular weight excluding hydrogens is 357 g/mol. The van der Waals surface area contributed by atoms with E-state index in [2.05, 4.69) is 21.2 Å². The second-order valence-corrected chi connectivity index (χ2v) is 6.32. The Labute approximate surface area is 136 Å². The van der Waals surface area contributed by atoms with Crippen LogP contribution >= 0.6 is 15.9 Å². The lowest BCUT2D eigenvalue weighted by molar-refractivity contribution is -0.139. The molecule has 0 radical (unpaired) electrons. The lowest BCUT2D eigenvalue weighted by atomic mass is 9.93. The minimum Gasteiger partial charge on any atom is -0.483 e. The van der Waals surface area contributed by atoms with Gasteiger partial charge in [-0.3, -0.25) is 9.59 Å². The van der Waals surface area contributed by atoms with E-state index in [4.69, 9.17) is 9.84 Å². The minimum absolute atomic E-state index is 0.0843. The molecule has 0 heterocycles. The van der Waals surface area contributed by atoms with Gasteiger partial charge in [-0.05, 0) is 47.0 Å². The van der Waals surface area contributed by atoms with E-state index in [-0.39, 0.29) is 18.9 Å². The van der Waals surface area contributed by atoms with Gasteiger partial charge in [-0.2, -0.15) is 0 Å². The van der Waals surface area contributed by atoms with E-state index in [1.807, 2.05) is 0 Å². The van der Waals surface area contributed by atoms with Gasteiger partial charge in [-0.15, -0.1) is 0 Å². The van der Waals surface area contributed by atoms with Crippen LogP contribution in [0.1, 0.15) is 32.1 Å². The van der Waals surface area contributed by atoms with Gasteiger partial charge in [0.25, 0.3) is 5.91 Å². The van der Waals surface area contributed by atoms with Crippen LogP contribution in [0, 0.1) is 5.82 Å². The predicted octanol–water partition coefficient (Wildman–Crippen LogP) is 2.87. The number of ether oxygens (including phenoxy) is 1. The molecule has 2 N–H and O–H groups in total. The number of carboxylic acid groups (broad SMARTS) is 1. The van der Waals surface area contributed by atoms with Gasteiger partial charge in [0.05, 0.1) is 16.4 Å². The number of rotatable bonds is 6. The van der Waals surface area contributed by atoms with Crippen LogP contribution in [0.2, 0.25) is 0 Å². The maximum Gasteiger partial charge on any atom is 0.305 e. The Morgan fingerprint density at radius 2 is 2.05 bits per heavy atom. The largest absolute Gasteiger partial charge is 0.483 e. The number of hydrogen-bond acceptors (Lipinski definition) is 3. The molecule has 22 heavy (non-hydrogen) atoms. The number of hydrogen-bond donors (Lipinski definition) is 2. The van der Waals surface area contributed by atoms with Crippen molar-refractivity contribution in [1.82, 2.24) is 5.32 Å². The molecule has 7 heteroatoms. The molecule has 1 aliphatic carbocycles. The molecule has 120 valence electrons. The standard InChI is InChI=1S/C15H17BrFNO4/c16-11-7-10(17)3-4-12(11)22-9-13(19)18-15(8-14(20)21)5-1-2-6-15/h3-4,7H,1-2,5-6,8-9H2,(H,18,19)(H,20,21). The van der Waals surface area contributed by atoms with Gasteiger partial charge in [-0.25, -0.2) is 4.39 Å². The van der Waals surface area contributed by atoms with Crippen LogP contribution in [0.5, 0.6) is 5.75 Å². The molecule has 0 spiro atoms. The number of aliphatic carboxylic acids is 1. The van der Waals surface area contributed by atoms with Crippen LogP contribution in [0.25, 0.3) is 0 Å². The summed E-state index contributed by atoms with van der Waals surface area (Å²) in [5, 5.41) is 11.8. The molecule has 0 atom stereocenters. The number of benzene rings is 1. The van der Waals surface area contributed by atoms with Crippen molar-refractivity contribution >= 4 is 27.8 Å². The third-order valence-corrected chi connectivity index (χ3v) is 4.33. The lowest BCUT2D eigenvalue weighted by Crippen LogP contribution is -2.49. The topological polar surface area (TPSA) is 75.6 Å². The molecule has 1 aromatic rings. The first-order valence-electron chi connectivity index (χ1n) is 7.01. The molecule has 1 fully saturated rings. The fourth-order valence-corrected chi connectivity index (χ4v) is 3.22. The molecule has 1 amide bonds. The second kappa shape index (κ2) is 7.09. The molecule has 0 saturated heterocycles. The van der Waals surface area contributed by atoms with Crippen LogP contribution in [0.3, 0.4) is 0 Å². The van der Waals surface area contributed by atoms with Gasteiger partial charge in [-0.1, -0.05) is 12.8 Å². The van der Waals surface area contributed by atoms with Crippen LogP contribution in [-0.2, 0) is 9.59 Å². The van der Waals surface area contributed by atoms with Crippen LogP contribution in [0.15, 0.2) is 22.7 Å². The second-order valence-electron chi connectivity index (χ2n) is 5.47. The summed E-state index contributed by atoms with van der Waals surface area (Å²) in [7, 11) is 0. The van der Waals surface area contributed by atoms with Gasteiger partial charge in [0.15, 0.2) is 6.61 Å². The van der Waals surface area contributed by atoms with E-state index in [9.17, 15) is 14.0 Å². The summed E-state index contributed by atoms with van der Waals surface area (Å²) >= 11 is 3.15. The molecule has 1 aromatic carbocycles. The van der Waals surface area contributed by atoms with Crippen LogP contribution in [0.4, 0.5) is 4.39 Å². The zero-order chi connectivity index (χ0) is 16.2. The number of carbonyl (C=O) groups is 2. The molecule has 1 saturated carbocycles. The summed E-state index contributed by atoms with van der Waals surface area (Å²) in [5.74, 6) is -1.35. The molecule has 5 nitrogen and oxygen atoms in total. The van der Waals surface area contributed by atoms with Gasteiger partial charge >= 0.3 is 5.97 Å². The summed E-state index contributed by atoms with van der Waals surface area (Å²) in [6.45, 7) is -0.244. The van der Waals surface area contributed by atoms with E-state index in [1.165, 1.54) is 18.2 Å². The van der Waals surface area contributed by atoms with Crippen molar-refractivity contribution in [3.05, 3.63) is 28.5 Å². The quantitative estimate of drug-likeness (QED) is 0.803.